The third-order valence-corrected chi connectivity index (χ3v) is 7.47. The summed E-state index contributed by atoms with van der Waals surface area (Å²) < 4.78 is 0. The number of amides is 1. The van der Waals surface area contributed by atoms with Crippen molar-refractivity contribution >= 4 is 80.7 Å². The summed E-state index contributed by atoms with van der Waals surface area (Å²) >= 11 is 20.1. The number of rotatable bonds is 2. The Morgan fingerprint density at radius 1 is 1.16 bits per heavy atom. The second-order valence-corrected chi connectivity index (χ2v) is 10.2. The average molecular weight is 493 g/mol. The summed E-state index contributed by atoms with van der Waals surface area (Å²) in [5, 5.41) is 4.54. The van der Waals surface area contributed by atoms with E-state index in [1.165, 1.54) is 17.3 Å². The van der Waals surface area contributed by atoms with Crippen molar-refractivity contribution in [2.45, 2.75) is 26.3 Å². The van der Waals surface area contributed by atoms with Crippen LogP contribution in [0.15, 0.2) is 46.3 Å². The minimum Gasteiger partial charge on any atom is -0.365 e. The second-order valence-electron chi connectivity index (χ2n) is 7.99. The van der Waals surface area contributed by atoms with E-state index >= 15 is 0 Å². The zero-order chi connectivity index (χ0) is 22.5. The summed E-state index contributed by atoms with van der Waals surface area (Å²) in [6.45, 7) is 6.42. The number of fused-ring (bicyclic) bond motifs is 1. The van der Waals surface area contributed by atoms with Gasteiger partial charge < -0.3 is 10.2 Å². The lowest BCUT2D eigenvalue weighted by Crippen LogP contribution is -2.42. The van der Waals surface area contributed by atoms with Crippen LogP contribution >= 0.6 is 46.6 Å². The number of amidine groups is 1. The number of hydrogen-bond acceptors (Lipinski definition) is 4. The van der Waals surface area contributed by atoms with Gasteiger partial charge in [0.1, 0.15) is 0 Å². The van der Waals surface area contributed by atoms with Gasteiger partial charge in [0.2, 0.25) is 0 Å². The summed E-state index contributed by atoms with van der Waals surface area (Å²) in [6, 6.07) is 9.17. The molecule has 4 nitrogen and oxygen atoms in total. The minimum absolute atomic E-state index is 0.103. The van der Waals surface area contributed by atoms with E-state index < -0.39 is 0 Å². The van der Waals surface area contributed by atoms with E-state index in [1.807, 2.05) is 12.1 Å². The molecule has 31 heavy (non-hydrogen) atoms. The highest BCUT2D eigenvalue weighted by Crippen LogP contribution is 2.41. The van der Waals surface area contributed by atoms with E-state index in [9.17, 15) is 4.79 Å². The van der Waals surface area contributed by atoms with E-state index in [-0.39, 0.29) is 11.4 Å². The molecule has 0 atom stereocenters. The number of carbonyl (C=O) groups is 1. The number of likely N-dealkylation sites (N-methyl/N-ethyl adjacent to an activating group) is 1. The van der Waals surface area contributed by atoms with Gasteiger partial charge in [-0.15, -0.1) is 0 Å². The van der Waals surface area contributed by atoms with E-state index in [2.05, 4.69) is 49.1 Å². The molecule has 2 aliphatic heterocycles. The maximum atomic E-state index is 12.5. The van der Waals surface area contributed by atoms with Crippen molar-refractivity contribution in [3.8, 4) is 0 Å². The van der Waals surface area contributed by atoms with Gasteiger partial charge >= 0.3 is 0 Å². The van der Waals surface area contributed by atoms with Crippen molar-refractivity contribution in [2.24, 2.45) is 4.99 Å². The number of aliphatic imine (C=N–C) groups is 1. The van der Waals surface area contributed by atoms with Gasteiger partial charge in [-0.25, -0.2) is 4.99 Å². The average Bonchev–Trinajstić information content (AvgIpc) is 3.03. The molecule has 1 saturated heterocycles. The first-order valence-electron chi connectivity index (χ1n) is 9.57. The molecule has 0 aromatic heterocycles. The summed E-state index contributed by atoms with van der Waals surface area (Å²) in [7, 11) is 2.06. The van der Waals surface area contributed by atoms with Crippen LogP contribution in [0.1, 0.15) is 31.9 Å². The Hall–Kier alpha value is -1.92. The maximum Gasteiger partial charge on any atom is 0.264 e. The molecule has 0 saturated carbocycles. The lowest BCUT2D eigenvalue weighted by atomic mass is 9.88. The molecule has 0 aliphatic carbocycles. The Labute approximate surface area is 201 Å². The first kappa shape index (κ1) is 22.3. The van der Waals surface area contributed by atoms with Crippen LogP contribution in [0.2, 0.25) is 15.1 Å². The van der Waals surface area contributed by atoms with Crippen LogP contribution in [0.25, 0.3) is 11.6 Å². The molecule has 8 heteroatoms. The van der Waals surface area contributed by atoms with Crippen LogP contribution in [0, 0.1) is 0 Å². The molecular weight excluding hydrogens is 473 g/mol. The smallest absolute Gasteiger partial charge is 0.264 e. The largest absolute Gasteiger partial charge is 0.365 e. The number of allylic oxidation sites excluding steroid dienone is 1. The molecule has 0 bridgehead atoms. The molecule has 4 rings (SSSR count). The summed E-state index contributed by atoms with van der Waals surface area (Å²) in [5.41, 5.74) is 4.52. The third kappa shape index (κ3) is 4.24. The minimum atomic E-state index is -0.235. The van der Waals surface area contributed by atoms with Crippen LogP contribution < -0.4 is 10.2 Å². The van der Waals surface area contributed by atoms with Gasteiger partial charge in [0.25, 0.3) is 5.91 Å². The lowest BCUT2D eigenvalue weighted by Gasteiger charge is -2.40. The second kappa shape index (κ2) is 8.21. The molecule has 0 unspecified atom stereocenters. The molecule has 2 aromatic rings. The van der Waals surface area contributed by atoms with Crippen LogP contribution in [-0.4, -0.2) is 23.7 Å². The number of nitrogens with one attached hydrogen (secondary N) is 1. The molecule has 2 aliphatic rings. The molecule has 0 radical (unpaired) electrons. The van der Waals surface area contributed by atoms with Crippen molar-refractivity contribution in [3.63, 3.8) is 0 Å². The van der Waals surface area contributed by atoms with E-state index in [0.717, 1.165) is 16.8 Å². The van der Waals surface area contributed by atoms with Crippen molar-refractivity contribution in [3.05, 3.63) is 67.5 Å². The number of hydrogen-bond donors (Lipinski definition) is 1. The Balaban J connectivity index is 1.68. The fourth-order valence-corrected chi connectivity index (χ4v) is 4.98. The quantitative estimate of drug-likeness (QED) is 0.452. The number of benzene rings is 2. The van der Waals surface area contributed by atoms with Crippen molar-refractivity contribution in [1.82, 2.24) is 5.32 Å². The van der Waals surface area contributed by atoms with Gasteiger partial charge in [0.05, 0.1) is 26.2 Å². The van der Waals surface area contributed by atoms with Gasteiger partial charge in [-0.1, -0.05) is 46.9 Å². The Kier molecular flexibility index (Phi) is 5.90. The Bertz CT molecular complexity index is 1200. The van der Waals surface area contributed by atoms with Gasteiger partial charge in [0, 0.05) is 23.3 Å². The topological polar surface area (TPSA) is 44.7 Å². The number of thioether (sulfide) groups is 1. The molecule has 0 spiro atoms. The molecule has 1 N–H and O–H groups in total. The third-order valence-electron chi connectivity index (χ3n) is 5.43. The Morgan fingerprint density at radius 3 is 2.65 bits per heavy atom. The summed E-state index contributed by atoms with van der Waals surface area (Å²) in [5.74, 6) is -0.235. The van der Waals surface area contributed by atoms with Crippen molar-refractivity contribution < 1.29 is 4.79 Å². The van der Waals surface area contributed by atoms with Crippen molar-refractivity contribution in [2.75, 3.05) is 11.9 Å². The Morgan fingerprint density at radius 2 is 1.90 bits per heavy atom. The molecule has 1 fully saturated rings. The fraction of sp³-hybridized carbons (Fsp3) is 0.217. The van der Waals surface area contributed by atoms with Crippen LogP contribution in [0.5, 0.6) is 0 Å². The van der Waals surface area contributed by atoms with Gasteiger partial charge in [0.15, 0.2) is 5.17 Å². The number of nitrogens with zero attached hydrogens (tertiary/aromatic N) is 2. The first-order valence-corrected chi connectivity index (χ1v) is 11.5. The van der Waals surface area contributed by atoms with Crippen LogP contribution in [-0.2, 0) is 4.79 Å². The fourth-order valence-electron chi connectivity index (χ4n) is 3.61. The predicted octanol–water partition coefficient (Wildman–Crippen LogP) is 7.17. The highest BCUT2D eigenvalue weighted by molar-refractivity contribution is 8.18. The zero-order valence-electron chi connectivity index (χ0n) is 17.4. The molecule has 2 aromatic carbocycles. The summed E-state index contributed by atoms with van der Waals surface area (Å²) in [6.07, 6.45) is 4.02. The maximum absolute atomic E-state index is 12.5. The molecular formula is C23H20Cl3N3OS. The molecule has 160 valence electrons. The molecule has 1 amide bonds. The van der Waals surface area contributed by atoms with E-state index in [1.54, 1.807) is 24.3 Å². The highest BCUT2D eigenvalue weighted by Gasteiger charge is 2.30. The predicted molar refractivity (Wildman–Crippen MR) is 135 cm³/mol. The number of anilines is 1. The van der Waals surface area contributed by atoms with Crippen LogP contribution in [0.3, 0.4) is 0 Å². The lowest BCUT2D eigenvalue weighted by molar-refractivity contribution is -0.115. The van der Waals surface area contributed by atoms with Gasteiger partial charge in [-0.05, 0) is 74.0 Å². The standard InChI is InChI=1S/C23H20Cl3N3OS/c1-12-11-23(2,3)29(4)18-10-16(25)13(8-14(12)18)9-19-21(30)28-22(31-19)27-17-7-5-6-15(24)20(17)26/h5-11H,1-4H3,(H,27,28,30)/b19-9+. The monoisotopic (exact) mass is 491 g/mol. The number of carbonyl (C=O) groups excluding carboxylic acids is 1. The van der Waals surface area contributed by atoms with E-state index in [0.29, 0.717) is 30.8 Å². The van der Waals surface area contributed by atoms with Crippen LogP contribution in [0.4, 0.5) is 11.4 Å². The van der Waals surface area contributed by atoms with Crippen molar-refractivity contribution in [1.29, 1.82) is 0 Å². The van der Waals surface area contributed by atoms with Gasteiger partial charge in [-0.2, -0.15) is 0 Å². The normalized spacial score (nSPS) is 20.2. The highest BCUT2D eigenvalue weighted by atomic mass is 35.5. The first-order chi connectivity index (χ1) is 14.6. The SMILES string of the molecule is CC1=CC(C)(C)N(C)c2cc(Cl)c(/C=C3/SC(=Nc4cccc(Cl)c4Cl)NC3=O)cc21. The van der Waals surface area contributed by atoms with E-state index in [4.69, 9.17) is 34.8 Å². The molecule has 2 heterocycles. The van der Waals surface area contributed by atoms with Gasteiger partial charge in [-0.3, -0.25) is 4.79 Å². The zero-order valence-corrected chi connectivity index (χ0v) is 20.5. The summed E-state index contributed by atoms with van der Waals surface area (Å²) in [4.78, 5) is 19.7. The number of halogens is 3.